The van der Waals surface area contributed by atoms with E-state index in [1.807, 2.05) is 0 Å². The summed E-state index contributed by atoms with van der Waals surface area (Å²) in [7, 11) is 1.25. The summed E-state index contributed by atoms with van der Waals surface area (Å²) in [4.78, 5) is 15.5. The Kier molecular flexibility index (Phi) is 4.02. The van der Waals surface area contributed by atoms with Crippen LogP contribution in [0.4, 0.5) is 13.2 Å². The first-order valence-corrected chi connectivity index (χ1v) is 6.12. The van der Waals surface area contributed by atoms with Gasteiger partial charge < -0.3 is 9.30 Å². The molecular formula is C14H13F3N2O2. The van der Waals surface area contributed by atoms with E-state index in [9.17, 15) is 18.0 Å². The number of hydrogen-bond acceptors (Lipinski definition) is 3. The van der Waals surface area contributed by atoms with Crippen molar-refractivity contribution in [3.05, 3.63) is 53.6 Å². The molecule has 0 aliphatic carbocycles. The molecular weight excluding hydrogens is 285 g/mol. The Bertz CT molecular complexity index is 632. The average molecular weight is 298 g/mol. The van der Waals surface area contributed by atoms with Crippen LogP contribution < -0.4 is 0 Å². The monoisotopic (exact) mass is 298 g/mol. The van der Waals surface area contributed by atoms with Gasteiger partial charge in [0.1, 0.15) is 5.69 Å². The number of ether oxygens (including phenoxy) is 1. The van der Waals surface area contributed by atoms with Gasteiger partial charge in [-0.3, -0.25) is 0 Å². The Labute approximate surface area is 119 Å². The maximum atomic E-state index is 12.5. The first-order chi connectivity index (χ1) is 9.84. The minimum Gasteiger partial charge on any atom is -0.464 e. The van der Waals surface area contributed by atoms with Crippen molar-refractivity contribution in [1.82, 2.24) is 9.55 Å². The van der Waals surface area contributed by atoms with Crippen LogP contribution in [0.2, 0.25) is 0 Å². The molecule has 21 heavy (non-hydrogen) atoms. The Morgan fingerprint density at radius 2 is 1.90 bits per heavy atom. The molecule has 0 fully saturated rings. The van der Waals surface area contributed by atoms with E-state index in [0.29, 0.717) is 5.56 Å². The molecule has 0 saturated carbocycles. The third-order valence-electron chi connectivity index (χ3n) is 3.20. The molecule has 0 N–H and O–H groups in total. The van der Waals surface area contributed by atoms with Gasteiger partial charge in [0, 0.05) is 0 Å². The van der Waals surface area contributed by atoms with Crippen molar-refractivity contribution in [2.75, 3.05) is 7.11 Å². The summed E-state index contributed by atoms with van der Waals surface area (Å²) < 4.78 is 43.8. The maximum Gasteiger partial charge on any atom is 0.416 e. The molecule has 0 spiro atoms. The highest BCUT2D eigenvalue weighted by molar-refractivity contribution is 5.87. The van der Waals surface area contributed by atoms with Crippen LogP contribution in [0.1, 0.15) is 34.6 Å². The van der Waals surface area contributed by atoms with Crippen LogP contribution >= 0.6 is 0 Å². The van der Waals surface area contributed by atoms with Crippen molar-refractivity contribution >= 4 is 5.97 Å². The number of carbonyl (C=O) groups excluding carboxylic acids is 1. The summed E-state index contributed by atoms with van der Waals surface area (Å²) in [5.74, 6) is -0.550. The maximum absolute atomic E-state index is 12.5. The van der Waals surface area contributed by atoms with E-state index < -0.39 is 17.7 Å². The summed E-state index contributed by atoms with van der Waals surface area (Å²) in [5.41, 5.74) is 0.160. The number of imidazole rings is 1. The molecule has 4 nitrogen and oxygen atoms in total. The van der Waals surface area contributed by atoms with Crippen LogP contribution in [-0.2, 0) is 10.9 Å². The van der Waals surface area contributed by atoms with Crippen LogP contribution in [0.15, 0.2) is 36.8 Å². The zero-order valence-corrected chi connectivity index (χ0v) is 11.4. The Morgan fingerprint density at radius 1 is 1.29 bits per heavy atom. The van der Waals surface area contributed by atoms with Crippen molar-refractivity contribution < 1.29 is 22.7 Å². The molecule has 2 aromatic rings. The van der Waals surface area contributed by atoms with Crippen molar-refractivity contribution in [3.8, 4) is 0 Å². The molecule has 0 radical (unpaired) electrons. The fourth-order valence-electron chi connectivity index (χ4n) is 1.99. The number of benzene rings is 1. The molecule has 0 bridgehead atoms. The van der Waals surface area contributed by atoms with E-state index in [1.165, 1.54) is 31.8 Å². The van der Waals surface area contributed by atoms with Crippen molar-refractivity contribution in [2.45, 2.75) is 19.1 Å². The standard InChI is InChI=1S/C14H13F3N2O2/c1-9(19-8-18-7-12(19)13(20)21-2)10-3-5-11(6-4-10)14(15,16)17/h3-9H,1-2H3. The summed E-state index contributed by atoms with van der Waals surface area (Å²) >= 11 is 0. The van der Waals surface area contributed by atoms with E-state index in [0.717, 1.165) is 12.1 Å². The lowest BCUT2D eigenvalue weighted by atomic mass is 10.1. The SMILES string of the molecule is COC(=O)c1cncn1C(C)c1ccc(C(F)(F)F)cc1. The molecule has 0 saturated heterocycles. The van der Waals surface area contributed by atoms with Crippen molar-refractivity contribution in [3.63, 3.8) is 0 Å². The van der Waals surface area contributed by atoms with Crippen molar-refractivity contribution in [1.29, 1.82) is 0 Å². The van der Waals surface area contributed by atoms with Gasteiger partial charge in [-0.05, 0) is 24.6 Å². The summed E-state index contributed by atoms with van der Waals surface area (Å²) in [5, 5.41) is 0. The fourth-order valence-corrected chi connectivity index (χ4v) is 1.99. The van der Waals surface area contributed by atoms with Crippen LogP contribution in [-0.4, -0.2) is 22.6 Å². The minimum absolute atomic E-state index is 0.241. The number of alkyl halides is 3. The Balaban J connectivity index is 2.31. The fraction of sp³-hybridized carbons (Fsp3) is 0.286. The number of aromatic nitrogens is 2. The smallest absolute Gasteiger partial charge is 0.416 e. The predicted molar refractivity (Wildman–Crippen MR) is 68.8 cm³/mol. The molecule has 1 heterocycles. The number of methoxy groups -OCH3 is 1. The summed E-state index contributed by atoms with van der Waals surface area (Å²) in [6.07, 6.45) is -1.57. The number of esters is 1. The molecule has 2 rings (SSSR count). The third-order valence-corrected chi connectivity index (χ3v) is 3.20. The lowest BCUT2D eigenvalue weighted by Gasteiger charge is -2.17. The zero-order chi connectivity index (χ0) is 15.6. The highest BCUT2D eigenvalue weighted by Gasteiger charge is 2.30. The van der Waals surface area contributed by atoms with Gasteiger partial charge in [-0.25, -0.2) is 9.78 Å². The first kappa shape index (κ1) is 15.1. The average Bonchev–Trinajstić information content (AvgIpc) is 2.94. The number of rotatable bonds is 3. The number of hydrogen-bond donors (Lipinski definition) is 0. The topological polar surface area (TPSA) is 44.1 Å². The molecule has 1 aromatic heterocycles. The van der Waals surface area contributed by atoms with Crippen LogP contribution in [0.5, 0.6) is 0 Å². The summed E-state index contributed by atoms with van der Waals surface area (Å²) in [6.45, 7) is 1.76. The molecule has 0 aliphatic heterocycles. The van der Waals surface area contributed by atoms with Gasteiger partial charge in [-0.2, -0.15) is 13.2 Å². The summed E-state index contributed by atoms with van der Waals surface area (Å²) in [6, 6.07) is 4.45. The van der Waals surface area contributed by atoms with E-state index in [-0.39, 0.29) is 11.7 Å². The highest BCUT2D eigenvalue weighted by Crippen LogP contribution is 2.30. The van der Waals surface area contributed by atoms with Crippen LogP contribution in [0.3, 0.4) is 0 Å². The van der Waals surface area contributed by atoms with Gasteiger partial charge >= 0.3 is 12.1 Å². The lowest BCUT2D eigenvalue weighted by molar-refractivity contribution is -0.137. The normalized spacial score (nSPS) is 13.0. The molecule has 0 amide bonds. The van der Waals surface area contributed by atoms with E-state index >= 15 is 0 Å². The minimum atomic E-state index is -4.37. The second-order valence-corrected chi connectivity index (χ2v) is 4.47. The quantitative estimate of drug-likeness (QED) is 0.817. The van der Waals surface area contributed by atoms with Crippen LogP contribution in [0.25, 0.3) is 0 Å². The zero-order valence-electron chi connectivity index (χ0n) is 11.4. The van der Waals surface area contributed by atoms with Gasteiger partial charge in [0.05, 0.1) is 31.2 Å². The Hall–Kier alpha value is -2.31. The number of nitrogens with zero attached hydrogens (tertiary/aromatic N) is 2. The predicted octanol–water partition coefficient (Wildman–Crippen LogP) is 3.30. The molecule has 1 atom stereocenters. The second-order valence-electron chi connectivity index (χ2n) is 4.47. The molecule has 112 valence electrons. The molecule has 1 aromatic carbocycles. The molecule has 1 unspecified atom stereocenters. The number of carbonyl (C=O) groups is 1. The van der Waals surface area contributed by atoms with Gasteiger partial charge in [0.15, 0.2) is 0 Å². The molecule has 0 aliphatic rings. The van der Waals surface area contributed by atoms with Crippen molar-refractivity contribution in [2.24, 2.45) is 0 Å². The number of halogens is 3. The van der Waals surface area contributed by atoms with Gasteiger partial charge in [-0.15, -0.1) is 0 Å². The molecule has 7 heteroatoms. The van der Waals surface area contributed by atoms with E-state index in [4.69, 9.17) is 0 Å². The Morgan fingerprint density at radius 3 is 2.43 bits per heavy atom. The third kappa shape index (κ3) is 3.07. The largest absolute Gasteiger partial charge is 0.464 e. The van der Waals surface area contributed by atoms with Gasteiger partial charge in [0.25, 0.3) is 0 Å². The first-order valence-electron chi connectivity index (χ1n) is 6.12. The van der Waals surface area contributed by atoms with Crippen LogP contribution in [0, 0.1) is 0 Å². The van der Waals surface area contributed by atoms with E-state index in [2.05, 4.69) is 9.72 Å². The van der Waals surface area contributed by atoms with Gasteiger partial charge in [-0.1, -0.05) is 12.1 Å². The highest BCUT2D eigenvalue weighted by atomic mass is 19.4. The second kappa shape index (κ2) is 5.59. The van der Waals surface area contributed by atoms with Gasteiger partial charge in [0.2, 0.25) is 0 Å². The van der Waals surface area contributed by atoms with E-state index in [1.54, 1.807) is 11.5 Å². The lowest BCUT2D eigenvalue weighted by Crippen LogP contribution is -2.14.